The van der Waals surface area contributed by atoms with E-state index < -0.39 is 0 Å². The fourth-order valence-corrected chi connectivity index (χ4v) is 1.25. The summed E-state index contributed by atoms with van der Waals surface area (Å²) in [6.07, 6.45) is 3.45. The number of rotatable bonds is 1. The number of hydrogen-bond acceptors (Lipinski definition) is 0. The summed E-state index contributed by atoms with van der Waals surface area (Å²) in [6, 6.07) is 7.89. The van der Waals surface area contributed by atoms with Crippen molar-refractivity contribution in [2.45, 2.75) is 19.3 Å². The summed E-state index contributed by atoms with van der Waals surface area (Å²) in [5, 5.41) is 0.791. The van der Waals surface area contributed by atoms with Gasteiger partial charge in [-0.3, -0.25) is 0 Å². The van der Waals surface area contributed by atoms with Crippen molar-refractivity contribution >= 4 is 11.6 Å². The minimum Gasteiger partial charge on any atom is -0.0996 e. The van der Waals surface area contributed by atoms with E-state index in [1.54, 1.807) is 0 Å². The van der Waals surface area contributed by atoms with Gasteiger partial charge in [-0.05, 0) is 30.5 Å². The lowest BCUT2D eigenvalue weighted by atomic mass is 10.1. The predicted molar refractivity (Wildman–Crippen MR) is 55.7 cm³/mol. The van der Waals surface area contributed by atoms with Gasteiger partial charge < -0.3 is 0 Å². The first-order chi connectivity index (χ1) is 6.34. The van der Waals surface area contributed by atoms with Crippen LogP contribution < -0.4 is 0 Å². The topological polar surface area (TPSA) is 0 Å². The van der Waals surface area contributed by atoms with Gasteiger partial charge in [0.25, 0.3) is 0 Å². The summed E-state index contributed by atoms with van der Waals surface area (Å²) < 4.78 is 0. The molecule has 66 valence electrons. The van der Waals surface area contributed by atoms with Gasteiger partial charge in [-0.15, -0.1) is 0 Å². The molecule has 0 unspecified atom stereocenters. The highest BCUT2D eigenvalue weighted by molar-refractivity contribution is 6.30. The van der Waals surface area contributed by atoms with Crippen LogP contribution in [0.5, 0.6) is 0 Å². The Balaban J connectivity index is 1.94. The molecule has 1 heteroatoms. The maximum atomic E-state index is 5.77. The highest BCUT2D eigenvalue weighted by Gasteiger charge is 2.17. The zero-order chi connectivity index (χ0) is 9.10. The molecule has 0 nitrogen and oxygen atoms in total. The van der Waals surface area contributed by atoms with Crippen molar-refractivity contribution in [3.63, 3.8) is 0 Å². The minimum absolute atomic E-state index is 0.701. The smallest absolute Gasteiger partial charge is 0.0406 e. The van der Waals surface area contributed by atoms with Crippen molar-refractivity contribution in [1.82, 2.24) is 0 Å². The van der Waals surface area contributed by atoms with Gasteiger partial charge in [-0.1, -0.05) is 35.6 Å². The molecule has 0 bridgehead atoms. The van der Waals surface area contributed by atoms with Crippen LogP contribution in [0.3, 0.4) is 0 Å². The van der Waals surface area contributed by atoms with E-state index in [1.807, 2.05) is 24.3 Å². The average Bonchev–Trinajstić information content (AvgIpc) is 2.92. The molecule has 2 rings (SSSR count). The molecule has 0 amide bonds. The van der Waals surface area contributed by atoms with Gasteiger partial charge >= 0.3 is 0 Å². The lowest BCUT2D eigenvalue weighted by Gasteiger charge is -1.93. The number of halogens is 1. The summed E-state index contributed by atoms with van der Waals surface area (Å²) in [7, 11) is 0. The van der Waals surface area contributed by atoms with E-state index in [2.05, 4.69) is 11.8 Å². The Hall–Kier alpha value is -0.930. The second kappa shape index (κ2) is 3.85. The van der Waals surface area contributed by atoms with Crippen LogP contribution >= 0.6 is 11.6 Å². The highest BCUT2D eigenvalue weighted by atomic mass is 35.5. The molecule has 0 atom stereocenters. The van der Waals surface area contributed by atoms with Crippen molar-refractivity contribution in [2.24, 2.45) is 5.92 Å². The third kappa shape index (κ3) is 2.79. The molecule has 0 aromatic heterocycles. The van der Waals surface area contributed by atoms with Gasteiger partial charge in [0.15, 0.2) is 0 Å². The Kier molecular flexibility index (Phi) is 2.57. The van der Waals surface area contributed by atoms with Gasteiger partial charge in [-0.25, -0.2) is 0 Å². The molecular weight excluding hydrogens is 180 g/mol. The average molecular weight is 191 g/mol. The van der Waals surface area contributed by atoms with Crippen molar-refractivity contribution in [2.75, 3.05) is 0 Å². The van der Waals surface area contributed by atoms with Crippen LogP contribution in [-0.4, -0.2) is 0 Å². The van der Waals surface area contributed by atoms with Crippen molar-refractivity contribution in [3.8, 4) is 11.8 Å². The fraction of sp³-hybridized carbons (Fsp3) is 0.333. The molecule has 1 aliphatic rings. The van der Waals surface area contributed by atoms with Crippen molar-refractivity contribution < 1.29 is 0 Å². The minimum atomic E-state index is 0.701. The lowest BCUT2D eigenvalue weighted by molar-refractivity contribution is 1.17. The van der Waals surface area contributed by atoms with Crippen LogP contribution in [0.15, 0.2) is 24.3 Å². The van der Waals surface area contributed by atoms with Gasteiger partial charge in [0.05, 0.1) is 0 Å². The maximum absolute atomic E-state index is 5.77. The molecule has 1 saturated carbocycles. The third-order valence-electron chi connectivity index (χ3n) is 2.09. The number of hydrogen-bond donors (Lipinski definition) is 0. The fourth-order valence-electron chi connectivity index (χ4n) is 1.13. The second-order valence-electron chi connectivity index (χ2n) is 3.40. The third-order valence-corrected chi connectivity index (χ3v) is 2.34. The molecule has 1 fully saturated rings. The molecule has 1 aromatic carbocycles. The quantitative estimate of drug-likeness (QED) is 0.597. The standard InChI is InChI=1S/C12H11Cl/c13-12-8-6-11(7-9-12)3-1-2-10-4-5-10/h6-10H,3-5H2. The Morgan fingerprint density at radius 1 is 1.23 bits per heavy atom. The first-order valence-electron chi connectivity index (χ1n) is 4.57. The molecule has 0 N–H and O–H groups in total. The molecule has 1 aromatic rings. The largest absolute Gasteiger partial charge is 0.0996 e. The van der Waals surface area contributed by atoms with Crippen LogP contribution in [-0.2, 0) is 6.42 Å². The van der Waals surface area contributed by atoms with Crippen LogP contribution in [0.2, 0.25) is 5.02 Å². The normalized spacial score (nSPS) is 14.8. The van der Waals surface area contributed by atoms with Crippen LogP contribution in [0.1, 0.15) is 18.4 Å². The summed E-state index contributed by atoms with van der Waals surface area (Å²) >= 11 is 5.77. The molecule has 0 saturated heterocycles. The summed E-state index contributed by atoms with van der Waals surface area (Å²) in [5.41, 5.74) is 1.25. The highest BCUT2D eigenvalue weighted by Crippen LogP contribution is 2.27. The van der Waals surface area contributed by atoms with E-state index in [9.17, 15) is 0 Å². The molecule has 1 aliphatic carbocycles. The zero-order valence-electron chi connectivity index (χ0n) is 7.39. The maximum Gasteiger partial charge on any atom is 0.0406 e. The summed E-state index contributed by atoms with van der Waals surface area (Å²) in [5.74, 6) is 7.13. The summed E-state index contributed by atoms with van der Waals surface area (Å²) in [6.45, 7) is 0. The van der Waals surface area contributed by atoms with Crippen molar-refractivity contribution in [3.05, 3.63) is 34.9 Å². The van der Waals surface area contributed by atoms with Gasteiger partial charge in [-0.2, -0.15) is 0 Å². The Bertz CT molecular complexity index is 336. The molecule has 0 heterocycles. The molecule has 0 spiro atoms. The first kappa shape index (κ1) is 8.66. The van der Waals surface area contributed by atoms with Gasteiger partial charge in [0.2, 0.25) is 0 Å². The molecule has 13 heavy (non-hydrogen) atoms. The van der Waals surface area contributed by atoms with Gasteiger partial charge in [0.1, 0.15) is 0 Å². The SMILES string of the molecule is Clc1ccc(CC#CC2CC2)cc1. The monoisotopic (exact) mass is 190 g/mol. The van der Waals surface area contributed by atoms with E-state index in [1.165, 1.54) is 18.4 Å². The summed E-state index contributed by atoms with van der Waals surface area (Å²) in [4.78, 5) is 0. The van der Waals surface area contributed by atoms with Crippen LogP contribution in [0.4, 0.5) is 0 Å². The zero-order valence-corrected chi connectivity index (χ0v) is 8.14. The Morgan fingerprint density at radius 3 is 2.54 bits per heavy atom. The first-order valence-corrected chi connectivity index (χ1v) is 4.95. The second-order valence-corrected chi connectivity index (χ2v) is 3.84. The van der Waals surface area contributed by atoms with Crippen LogP contribution in [0, 0.1) is 17.8 Å². The number of benzene rings is 1. The van der Waals surface area contributed by atoms with E-state index in [4.69, 9.17) is 11.6 Å². The van der Waals surface area contributed by atoms with E-state index in [0.29, 0.717) is 5.92 Å². The molecule has 0 aliphatic heterocycles. The van der Waals surface area contributed by atoms with Gasteiger partial charge in [0, 0.05) is 17.4 Å². The lowest BCUT2D eigenvalue weighted by Crippen LogP contribution is -1.79. The van der Waals surface area contributed by atoms with E-state index in [0.717, 1.165) is 11.4 Å². The van der Waals surface area contributed by atoms with E-state index >= 15 is 0 Å². The molecule has 0 radical (unpaired) electrons. The van der Waals surface area contributed by atoms with Crippen molar-refractivity contribution in [1.29, 1.82) is 0 Å². The molecular formula is C12H11Cl. The predicted octanol–water partition coefficient (Wildman–Crippen LogP) is 3.30. The van der Waals surface area contributed by atoms with Crippen LogP contribution in [0.25, 0.3) is 0 Å². The van der Waals surface area contributed by atoms with E-state index in [-0.39, 0.29) is 0 Å². The Labute approximate surface area is 83.9 Å². The Morgan fingerprint density at radius 2 is 1.92 bits per heavy atom.